The van der Waals surface area contributed by atoms with E-state index in [0.29, 0.717) is 28.9 Å². The second-order valence-electron chi connectivity index (χ2n) is 4.48. The van der Waals surface area contributed by atoms with Crippen LogP contribution < -0.4 is 16.9 Å². The Labute approximate surface area is 126 Å². The zero-order chi connectivity index (χ0) is 15.4. The standard InChI is InChI=1S/C14H16N4O2S/c1-21-3-2-20-8-18-7-9(6-15)14(19)10-4-11(16)12(17)5-13(10)18/h4-5,7H,2-3,8,16-17H2,1H3. The molecule has 0 saturated carbocycles. The van der Waals surface area contributed by atoms with Gasteiger partial charge in [0.2, 0.25) is 5.43 Å². The lowest BCUT2D eigenvalue weighted by atomic mass is 10.1. The third kappa shape index (κ3) is 3.12. The first-order valence-corrected chi connectivity index (χ1v) is 7.66. The molecule has 0 aliphatic heterocycles. The maximum atomic E-state index is 12.2. The first-order valence-electron chi connectivity index (χ1n) is 6.27. The summed E-state index contributed by atoms with van der Waals surface area (Å²) in [4.78, 5) is 12.2. The van der Waals surface area contributed by atoms with Crippen LogP contribution in [0.15, 0.2) is 23.1 Å². The largest absolute Gasteiger partial charge is 0.397 e. The van der Waals surface area contributed by atoms with Crippen LogP contribution in [0.2, 0.25) is 0 Å². The molecule has 0 bridgehead atoms. The number of aromatic nitrogens is 1. The zero-order valence-corrected chi connectivity index (χ0v) is 12.4. The first kappa shape index (κ1) is 15.2. The Bertz CT molecular complexity index is 764. The second-order valence-corrected chi connectivity index (χ2v) is 5.47. The summed E-state index contributed by atoms with van der Waals surface area (Å²) in [5.74, 6) is 0.873. The molecule has 0 atom stereocenters. The highest BCUT2D eigenvalue weighted by Gasteiger charge is 2.11. The molecule has 0 aliphatic rings. The van der Waals surface area contributed by atoms with Crippen LogP contribution in [-0.2, 0) is 11.5 Å². The van der Waals surface area contributed by atoms with Crippen LogP contribution in [0.3, 0.4) is 0 Å². The van der Waals surface area contributed by atoms with Crippen molar-refractivity contribution in [2.75, 3.05) is 30.1 Å². The lowest BCUT2D eigenvalue weighted by Gasteiger charge is -2.13. The van der Waals surface area contributed by atoms with E-state index < -0.39 is 0 Å². The molecule has 2 aromatic rings. The highest BCUT2D eigenvalue weighted by atomic mass is 32.2. The van der Waals surface area contributed by atoms with Gasteiger partial charge in [-0.15, -0.1) is 0 Å². The molecule has 21 heavy (non-hydrogen) atoms. The van der Waals surface area contributed by atoms with Crippen LogP contribution in [-0.4, -0.2) is 23.2 Å². The summed E-state index contributed by atoms with van der Waals surface area (Å²) in [6.07, 6.45) is 3.48. The molecule has 4 N–H and O–H groups in total. The van der Waals surface area contributed by atoms with Crippen LogP contribution in [0.25, 0.3) is 10.9 Å². The van der Waals surface area contributed by atoms with E-state index in [2.05, 4.69) is 0 Å². The molecular weight excluding hydrogens is 288 g/mol. The van der Waals surface area contributed by atoms with Crippen molar-refractivity contribution in [3.8, 4) is 6.07 Å². The summed E-state index contributed by atoms with van der Waals surface area (Å²) >= 11 is 1.68. The number of nitrogens with two attached hydrogens (primary N) is 2. The van der Waals surface area contributed by atoms with Gasteiger partial charge < -0.3 is 20.8 Å². The minimum absolute atomic E-state index is 0.0557. The SMILES string of the molecule is CSCCOCn1cc(C#N)c(=O)c2cc(N)c(N)cc21. The summed E-state index contributed by atoms with van der Waals surface area (Å²) in [7, 11) is 0. The molecular formula is C14H16N4O2S. The van der Waals surface area contributed by atoms with Crippen molar-refractivity contribution in [2.24, 2.45) is 0 Å². The smallest absolute Gasteiger partial charge is 0.207 e. The molecule has 0 spiro atoms. The fraction of sp³-hybridized carbons (Fsp3) is 0.286. The highest BCUT2D eigenvalue weighted by molar-refractivity contribution is 7.98. The molecule has 110 valence electrons. The Morgan fingerprint density at radius 1 is 1.38 bits per heavy atom. The number of anilines is 2. The fourth-order valence-electron chi connectivity index (χ4n) is 1.96. The number of fused-ring (bicyclic) bond motifs is 1. The van der Waals surface area contributed by atoms with E-state index in [0.717, 1.165) is 5.75 Å². The number of pyridine rings is 1. The molecule has 0 radical (unpaired) electrons. The van der Waals surface area contributed by atoms with Crippen molar-refractivity contribution < 1.29 is 4.74 Å². The number of nitriles is 1. The lowest BCUT2D eigenvalue weighted by molar-refractivity contribution is 0.0926. The number of nitrogen functional groups attached to an aromatic ring is 2. The highest BCUT2D eigenvalue weighted by Crippen LogP contribution is 2.22. The third-order valence-corrected chi connectivity index (χ3v) is 3.64. The van der Waals surface area contributed by atoms with Crippen molar-refractivity contribution >= 4 is 34.0 Å². The molecule has 7 heteroatoms. The molecule has 0 fully saturated rings. The van der Waals surface area contributed by atoms with Gasteiger partial charge in [0, 0.05) is 17.3 Å². The maximum absolute atomic E-state index is 12.2. The molecule has 1 heterocycles. The zero-order valence-electron chi connectivity index (χ0n) is 11.6. The number of ether oxygens (including phenoxy) is 1. The van der Waals surface area contributed by atoms with Gasteiger partial charge in [-0.25, -0.2) is 0 Å². The average molecular weight is 304 g/mol. The Balaban J connectivity index is 2.53. The molecule has 0 unspecified atom stereocenters. The van der Waals surface area contributed by atoms with E-state index in [1.165, 1.54) is 12.3 Å². The molecule has 0 aliphatic carbocycles. The van der Waals surface area contributed by atoms with Gasteiger partial charge in [-0.05, 0) is 18.4 Å². The molecule has 1 aromatic carbocycles. The van der Waals surface area contributed by atoms with E-state index in [9.17, 15) is 4.79 Å². The minimum Gasteiger partial charge on any atom is -0.397 e. The van der Waals surface area contributed by atoms with E-state index in [1.807, 2.05) is 12.3 Å². The number of hydrogen-bond donors (Lipinski definition) is 2. The summed E-state index contributed by atoms with van der Waals surface area (Å²) in [5.41, 5.74) is 12.6. The molecule has 0 saturated heterocycles. The number of thioether (sulfide) groups is 1. The van der Waals surface area contributed by atoms with Crippen molar-refractivity contribution in [3.63, 3.8) is 0 Å². The fourth-order valence-corrected chi connectivity index (χ4v) is 2.25. The third-order valence-electron chi connectivity index (χ3n) is 3.07. The molecule has 1 aromatic heterocycles. The number of benzene rings is 1. The summed E-state index contributed by atoms with van der Waals surface area (Å²) in [6, 6.07) is 5.03. The molecule has 0 amide bonds. The predicted molar refractivity (Wildman–Crippen MR) is 86.1 cm³/mol. The Morgan fingerprint density at radius 2 is 2.10 bits per heavy atom. The van der Waals surface area contributed by atoms with Gasteiger partial charge in [0.15, 0.2) is 0 Å². The van der Waals surface area contributed by atoms with E-state index in [-0.39, 0.29) is 17.7 Å². The monoisotopic (exact) mass is 304 g/mol. The van der Waals surface area contributed by atoms with Gasteiger partial charge in [0.05, 0.1) is 23.5 Å². The Hall–Kier alpha value is -2.17. The normalized spacial score (nSPS) is 10.7. The van der Waals surface area contributed by atoms with Crippen molar-refractivity contribution in [1.82, 2.24) is 4.57 Å². The summed E-state index contributed by atoms with van der Waals surface area (Å²) < 4.78 is 7.24. The number of hydrogen-bond acceptors (Lipinski definition) is 6. The number of nitrogens with zero attached hydrogens (tertiary/aromatic N) is 2. The minimum atomic E-state index is -0.348. The number of rotatable bonds is 5. The van der Waals surface area contributed by atoms with Crippen LogP contribution in [0.1, 0.15) is 5.56 Å². The van der Waals surface area contributed by atoms with E-state index >= 15 is 0 Å². The van der Waals surface area contributed by atoms with Gasteiger partial charge in [-0.3, -0.25) is 4.79 Å². The van der Waals surface area contributed by atoms with Gasteiger partial charge in [-0.1, -0.05) is 0 Å². The second kappa shape index (κ2) is 6.52. The Morgan fingerprint density at radius 3 is 2.76 bits per heavy atom. The van der Waals surface area contributed by atoms with Crippen molar-refractivity contribution in [2.45, 2.75) is 6.73 Å². The van der Waals surface area contributed by atoms with Gasteiger partial charge >= 0.3 is 0 Å². The van der Waals surface area contributed by atoms with Crippen molar-refractivity contribution in [1.29, 1.82) is 5.26 Å². The average Bonchev–Trinajstić information content (AvgIpc) is 2.48. The van der Waals surface area contributed by atoms with Gasteiger partial charge in [0.25, 0.3) is 0 Å². The molecule has 6 nitrogen and oxygen atoms in total. The first-order chi connectivity index (χ1) is 10.1. The van der Waals surface area contributed by atoms with Crippen LogP contribution in [0.5, 0.6) is 0 Å². The van der Waals surface area contributed by atoms with E-state index in [4.69, 9.17) is 21.5 Å². The molecule has 2 rings (SSSR count). The maximum Gasteiger partial charge on any atom is 0.207 e. The quantitative estimate of drug-likeness (QED) is 0.638. The summed E-state index contributed by atoms with van der Waals surface area (Å²) in [5, 5.41) is 9.44. The Kier molecular flexibility index (Phi) is 4.73. The van der Waals surface area contributed by atoms with Gasteiger partial charge in [0.1, 0.15) is 18.4 Å². The van der Waals surface area contributed by atoms with Gasteiger partial charge in [-0.2, -0.15) is 17.0 Å². The van der Waals surface area contributed by atoms with Crippen molar-refractivity contribution in [3.05, 3.63) is 34.1 Å². The van der Waals surface area contributed by atoms with Crippen LogP contribution in [0, 0.1) is 11.3 Å². The predicted octanol–water partition coefficient (Wildman–Crippen LogP) is 1.37. The lowest BCUT2D eigenvalue weighted by Crippen LogP contribution is -2.15. The van der Waals surface area contributed by atoms with Crippen LogP contribution >= 0.6 is 11.8 Å². The van der Waals surface area contributed by atoms with E-state index in [1.54, 1.807) is 22.4 Å². The van der Waals surface area contributed by atoms with Crippen LogP contribution in [0.4, 0.5) is 11.4 Å². The summed E-state index contributed by atoms with van der Waals surface area (Å²) in [6.45, 7) is 0.830. The topological polar surface area (TPSA) is 107 Å².